The zero-order chi connectivity index (χ0) is 14.1. The van der Waals surface area contributed by atoms with E-state index in [0.29, 0.717) is 5.39 Å². The molecule has 0 radical (unpaired) electrons. The highest BCUT2D eigenvalue weighted by Gasteiger charge is 2.49. The zero-order valence-electron chi connectivity index (χ0n) is 9.49. The van der Waals surface area contributed by atoms with Crippen LogP contribution < -0.4 is 0 Å². The first-order valence-corrected chi connectivity index (χ1v) is 6.66. The molecule has 0 unspecified atom stereocenters. The molecule has 2 aromatic rings. The summed E-state index contributed by atoms with van der Waals surface area (Å²) in [5.41, 5.74) is 8.11. The van der Waals surface area contributed by atoms with Gasteiger partial charge in [0.1, 0.15) is 0 Å². The van der Waals surface area contributed by atoms with Crippen molar-refractivity contribution in [3.8, 4) is 0 Å². The van der Waals surface area contributed by atoms with Gasteiger partial charge in [-0.3, -0.25) is 0 Å². The molecule has 0 N–H and O–H groups in total. The van der Waals surface area contributed by atoms with Gasteiger partial charge >= 0.3 is 11.5 Å². The van der Waals surface area contributed by atoms with Crippen molar-refractivity contribution in [3.63, 3.8) is 0 Å². The van der Waals surface area contributed by atoms with Crippen molar-refractivity contribution >= 4 is 26.8 Å². The number of nitrogens with zero attached hydrogens (tertiary/aromatic N) is 2. The predicted octanol–water partition coefficient (Wildman–Crippen LogP) is 2.51. The molecule has 0 aromatic heterocycles. The van der Waals surface area contributed by atoms with E-state index < -0.39 is 20.0 Å². The van der Waals surface area contributed by atoms with Gasteiger partial charge in [0.15, 0.2) is 0 Å². The average Bonchev–Trinajstić information content (AvgIpc) is 2.38. The summed E-state index contributed by atoms with van der Waals surface area (Å²) < 4.78 is 50.3. The van der Waals surface area contributed by atoms with E-state index in [9.17, 15) is 17.2 Å². The van der Waals surface area contributed by atoms with Crippen molar-refractivity contribution < 1.29 is 22.0 Å². The lowest BCUT2D eigenvalue weighted by Crippen LogP contribution is -2.30. The molecule has 0 heterocycles. The highest BCUT2D eigenvalue weighted by atomic mass is 32.2. The van der Waals surface area contributed by atoms with Crippen molar-refractivity contribution in [3.05, 3.63) is 48.0 Å². The van der Waals surface area contributed by atoms with Crippen LogP contribution in [0.25, 0.3) is 16.3 Å². The molecule has 0 amide bonds. The average molecular weight is 282 g/mol. The quantitative estimate of drug-likeness (QED) is 0.493. The smallest absolute Gasteiger partial charge is 0.362 e. The predicted molar refractivity (Wildman–Crippen MR) is 65.8 cm³/mol. The van der Waals surface area contributed by atoms with Gasteiger partial charge < -0.3 is 5.53 Å². The SMILES string of the molecule is [N-]=[N+]=CC(F)(F)S(=O)(=O)c1ccc2ccccc2c1. The zero-order valence-corrected chi connectivity index (χ0v) is 10.3. The van der Waals surface area contributed by atoms with Crippen LogP contribution >= 0.6 is 0 Å². The Morgan fingerprint density at radius 3 is 2.37 bits per heavy atom. The van der Waals surface area contributed by atoms with E-state index in [4.69, 9.17) is 5.53 Å². The molecule has 0 spiro atoms. The lowest BCUT2D eigenvalue weighted by Gasteiger charge is -2.09. The van der Waals surface area contributed by atoms with Crippen molar-refractivity contribution in [1.82, 2.24) is 0 Å². The van der Waals surface area contributed by atoms with Crippen LogP contribution in [0.1, 0.15) is 0 Å². The Balaban J connectivity index is 2.64. The van der Waals surface area contributed by atoms with Crippen molar-refractivity contribution in [2.75, 3.05) is 0 Å². The summed E-state index contributed by atoms with van der Waals surface area (Å²) in [7, 11) is -4.93. The van der Waals surface area contributed by atoms with Crippen LogP contribution in [0.3, 0.4) is 0 Å². The van der Waals surface area contributed by atoms with Crippen molar-refractivity contribution in [2.24, 2.45) is 0 Å². The second-order valence-corrected chi connectivity index (χ2v) is 5.84. The first kappa shape index (κ1) is 13.3. The first-order valence-electron chi connectivity index (χ1n) is 5.18. The summed E-state index contributed by atoms with van der Waals surface area (Å²) in [6.45, 7) is 0. The van der Waals surface area contributed by atoms with Gasteiger partial charge in [0.2, 0.25) is 0 Å². The standard InChI is InChI=1S/C12H8F2N2O2S/c13-12(14,8-16-15)19(17,18)11-6-5-9-3-1-2-4-10(9)7-11/h1-8H. The first-order chi connectivity index (χ1) is 8.88. The molecule has 0 fully saturated rings. The largest absolute Gasteiger partial charge is 0.440 e. The molecule has 0 saturated heterocycles. The number of hydrogen-bond donors (Lipinski definition) is 0. The number of hydrogen-bond acceptors (Lipinski definition) is 2. The van der Waals surface area contributed by atoms with Crippen molar-refractivity contribution in [2.45, 2.75) is 10.2 Å². The number of fused-ring (bicyclic) bond motifs is 1. The van der Waals surface area contributed by atoms with Gasteiger partial charge in [-0.2, -0.15) is 13.6 Å². The molecular weight excluding hydrogens is 274 g/mol. The Bertz CT molecular complexity index is 781. The third-order valence-corrected chi connectivity index (χ3v) is 4.29. The maximum atomic E-state index is 13.4. The Morgan fingerprint density at radius 1 is 1.11 bits per heavy atom. The fourth-order valence-electron chi connectivity index (χ4n) is 1.63. The second kappa shape index (κ2) is 4.53. The summed E-state index contributed by atoms with van der Waals surface area (Å²) in [4.78, 5) is 1.58. The molecule has 0 bridgehead atoms. The van der Waals surface area contributed by atoms with E-state index in [1.54, 1.807) is 24.3 Å². The van der Waals surface area contributed by atoms with E-state index in [0.717, 1.165) is 17.5 Å². The van der Waals surface area contributed by atoms with Gasteiger partial charge in [0.05, 0.1) is 4.90 Å². The number of benzene rings is 2. The van der Waals surface area contributed by atoms with Gasteiger partial charge in [-0.25, -0.2) is 8.42 Å². The topological polar surface area (TPSA) is 70.5 Å². The molecule has 98 valence electrons. The van der Waals surface area contributed by atoms with E-state index in [2.05, 4.69) is 4.79 Å². The molecule has 0 saturated carbocycles. The van der Waals surface area contributed by atoms with Crippen LogP contribution in [-0.4, -0.2) is 24.7 Å². The van der Waals surface area contributed by atoms with E-state index in [1.165, 1.54) is 6.07 Å². The van der Waals surface area contributed by atoms with Gasteiger partial charge in [-0.05, 0) is 22.9 Å². The summed E-state index contributed by atoms with van der Waals surface area (Å²) in [6, 6.07) is 10.5. The monoisotopic (exact) mass is 282 g/mol. The molecule has 2 aromatic carbocycles. The lowest BCUT2D eigenvalue weighted by atomic mass is 10.1. The number of sulfone groups is 1. The molecule has 0 atom stereocenters. The van der Waals surface area contributed by atoms with Crippen LogP contribution in [0, 0.1) is 0 Å². The summed E-state index contributed by atoms with van der Waals surface area (Å²) in [5, 5.41) is -2.99. The van der Waals surface area contributed by atoms with E-state index in [-0.39, 0.29) is 6.21 Å². The Hall–Kier alpha value is -2.11. The molecule has 0 aliphatic heterocycles. The van der Waals surface area contributed by atoms with Crippen LogP contribution in [0.4, 0.5) is 8.78 Å². The fraction of sp³-hybridized carbons (Fsp3) is 0.0833. The Morgan fingerprint density at radius 2 is 1.74 bits per heavy atom. The van der Waals surface area contributed by atoms with E-state index >= 15 is 0 Å². The summed E-state index contributed by atoms with van der Waals surface area (Å²) in [6.07, 6.45) is -0.308. The van der Waals surface area contributed by atoms with Gasteiger partial charge in [-0.1, -0.05) is 30.3 Å². The maximum Gasteiger partial charge on any atom is 0.440 e. The fourth-order valence-corrected chi connectivity index (χ4v) is 2.66. The number of halogens is 2. The highest BCUT2D eigenvalue weighted by Crippen LogP contribution is 2.29. The van der Waals surface area contributed by atoms with Crippen LogP contribution in [0.5, 0.6) is 0 Å². The minimum atomic E-state index is -4.93. The van der Waals surface area contributed by atoms with E-state index in [1.807, 2.05) is 0 Å². The minimum Gasteiger partial charge on any atom is -0.362 e. The third-order valence-electron chi connectivity index (χ3n) is 2.60. The molecule has 0 aliphatic carbocycles. The molecule has 0 aliphatic rings. The second-order valence-electron chi connectivity index (χ2n) is 3.82. The van der Waals surface area contributed by atoms with Gasteiger partial charge in [-0.15, -0.1) is 0 Å². The molecular formula is C12H8F2N2O2S. The van der Waals surface area contributed by atoms with Gasteiger partial charge in [0, 0.05) is 0 Å². The Labute approximate surface area is 107 Å². The maximum absolute atomic E-state index is 13.4. The Kier molecular flexibility index (Phi) is 3.18. The lowest BCUT2D eigenvalue weighted by molar-refractivity contribution is -0.0198. The van der Waals surface area contributed by atoms with Gasteiger partial charge in [0.25, 0.3) is 9.84 Å². The minimum absolute atomic E-state index is 0.308. The third kappa shape index (κ3) is 2.25. The summed E-state index contributed by atoms with van der Waals surface area (Å²) >= 11 is 0. The number of alkyl halides is 2. The van der Waals surface area contributed by atoms with Crippen LogP contribution in [-0.2, 0) is 9.84 Å². The number of rotatable bonds is 3. The molecule has 19 heavy (non-hydrogen) atoms. The summed E-state index contributed by atoms with van der Waals surface area (Å²) in [5.74, 6) is 0. The van der Waals surface area contributed by atoms with Crippen LogP contribution in [0.15, 0.2) is 47.4 Å². The highest BCUT2D eigenvalue weighted by molar-refractivity contribution is 7.93. The molecule has 4 nitrogen and oxygen atoms in total. The van der Waals surface area contributed by atoms with Crippen LogP contribution in [0.2, 0.25) is 0 Å². The molecule has 2 rings (SSSR count). The molecule has 7 heteroatoms. The van der Waals surface area contributed by atoms with Crippen molar-refractivity contribution in [1.29, 1.82) is 0 Å². The normalized spacial score (nSPS) is 12.1.